The Balaban J connectivity index is 2.26. The summed E-state index contributed by atoms with van der Waals surface area (Å²) >= 11 is 9.02. The van der Waals surface area contributed by atoms with Crippen LogP contribution in [0.25, 0.3) is 0 Å². The molecule has 2 N–H and O–H groups in total. The number of rotatable bonds is 3. The molecular formula is C14H9BrClNO3. The molecule has 0 radical (unpaired) electrons. The van der Waals surface area contributed by atoms with E-state index in [1.807, 2.05) is 0 Å². The molecule has 0 aliphatic heterocycles. The molecule has 0 unspecified atom stereocenters. The standard InChI is InChI=1S/C14H9BrClNO3/c15-10-4-9(14(19)20)6-12(7-10)17-13(18)8-2-1-3-11(16)5-8/h1-7H,(H,17,18)(H,19,20). The summed E-state index contributed by atoms with van der Waals surface area (Å²) < 4.78 is 0.568. The quantitative estimate of drug-likeness (QED) is 0.874. The molecule has 0 aromatic heterocycles. The maximum atomic E-state index is 12.0. The third kappa shape index (κ3) is 3.59. The molecule has 2 aromatic rings. The van der Waals surface area contributed by atoms with Gasteiger partial charge < -0.3 is 10.4 Å². The van der Waals surface area contributed by atoms with Crippen LogP contribution in [0.2, 0.25) is 5.02 Å². The van der Waals surface area contributed by atoms with Crippen LogP contribution in [0.5, 0.6) is 0 Å². The summed E-state index contributed by atoms with van der Waals surface area (Å²) in [6.07, 6.45) is 0. The Morgan fingerprint density at radius 3 is 2.50 bits per heavy atom. The molecule has 0 saturated carbocycles. The second-order valence-corrected chi connectivity index (χ2v) is 5.35. The van der Waals surface area contributed by atoms with Crippen LogP contribution in [-0.4, -0.2) is 17.0 Å². The lowest BCUT2D eigenvalue weighted by Crippen LogP contribution is -2.12. The molecule has 0 aliphatic carbocycles. The van der Waals surface area contributed by atoms with Crippen molar-refractivity contribution in [3.63, 3.8) is 0 Å². The monoisotopic (exact) mass is 353 g/mol. The van der Waals surface area contributed by atoms with Gasteiger partial charge in [-0.15, -0.1) is 0 Å². The number of amides is 1. The first-order chi connectivity index (χ1) is 9.45. The van der Waals surface area contributed by atoms with Gasteiger partial charge in [-0.1, -0.05) is 33.6 Å². The van der Waals surface area contributed by atoms with Crippen molar-refractivity contribution >= 4 is 45.1 Å². The molecule has 0 aliphatic rings. The van der Waals surface area contributed by atoms with Crippen molar-refractivity contribution in [2.75, 3.05) is 5.32 Å². The van der Waals surface area contributed by atoms with Crippen molar-refractivity contribution in [3.8, 4) is 0 Å². The van der Waals surface area contributed by atoms with E-state index < -0.39 is 5.97 Å². The molecule has 0 atom stereocenters. The van der Waals surface area contributed by atoms with Crippen molar-refractivity contribution in [2.45, 2.75) is 0 Å². The minimum atomic E-state index is -1.07. The van der Waals surface area contributed by atoms with E-state index in [4.69, 9.17) is 16.7 Å². The highest BCUT2D eigenvalue weighted by Gasteiger charge is 2.10. The average Bonchev–Trinajstić information content (AvgIpc) is 2.37. The summed E-state index contributed by atoms with van der Waals surface area (Å²) in [6.45, 7) is 0. The lowest BCUT2D eigenvalue weighted by Gasteiger charge is -2.07. The molecule has 0 bridgehead atoms. The van der Waals surface area contributed by atoms with E-state index in [0.29, 0.717) is 20.7 Å². The van der Waals surface area contributed by atoms with Crippen LogP contribution in [0.3, 0.4) is 0 Å². The summed E-state index contributed by atoms with van der Waals surface area (Å²) in [7, 11) is 0. The van der Waals surface area contributed by atoms with Crippen LogP contribution in [-0.2, 0) is 0 Å². The molecule has 1 amide bonds. The number of nitrogens with one attached hydrogen (secondary N) is 1. The topological polar surface area (TPSA) is 66.4 Å². The zero-order valence-corrected chi connectivity index (χ0v) is 12.4. The van der Waals surface area contributed by atoms with Crippen LogP contribution in [0, 0.1) is 0 Å². The van der Waals surface area contributed by atoms with Gasteiger partial charge in [0, 0.05) is 20.7 Å². The van der Waals surface area contributed by atoms with Crippen LogP contribution in [0.4, 0.5) is 5.69 Å². The molecule has 6 heteroatoms. The Labute approximate surface area is 128 Å². The van der Waals surface area contributed by atoms with E-state index in [0.717, 1.165) is 0 Å². The van der Waals surface area contributed by atoms with Gasteiger partial charge in [-0.2, -0.15) is 0 Å². The average molecular weight is 355 g/mol. The summed E-state index contributed by atoms with van der Waals surface area (Å²) in [4.78, 5) is 23.0. The smallest absolute Gasteiger partial charge is 0.335 e. The maximum absolute atomic E-state index is 12.0. The van der Waals surface area contributed by atoms with Gasteiger partial charge in [-0.25, -0.2) is 4.79 Å². The van der Waals surface area contributed by atoms with Gasteiger partial charge in [-0.3, -0.25) is 4.79 Å². The summed E-state index contributed by atoms with van der Waals surface area (Å²) in [5, 5.41) is 12.1. The van der Waals surface area contributed by atoms with E-state index in [1.165, 1.54) is 18.2 Å². The number of anilines is 1. The lowest BCUT2D eigenvalue weighted by molar-refractivity contribution is 0.0696. The highest BCUT2D eigenvalue weighted by molar-refractivity contribution is 9.10. The van der Waals surface area contributed by atoms with Gasteiger partial charge in [0.05, 0.1) is 5.56 Å². The molecule has 2 aromatic carbocycles. The number of benzene rings is 2. The number of carboxylic acid groups (broad SMARTS) is 1. The Kier molecular flexibility index (Phi) is 4.42. The Hall–Kier alpha value is -1.85. The highest BCUT2D eigenvalue weighted by Crippen LogP contribution is 2.21. The molecule has 102 valence electrons. The lowest BCUT2D eigenvalue weighted by atomic mass is 10.1. The summed E-state index contributed by atoms with van der Waals surface area (Å²) in [5.41, 5.74) is 0.872. The van der Waals surface area contributed by atoms with Crippen LogP contribution in [0.15, 0.2) is 46.9 Å². The van der Waals surface area contributed by atoms with Gasteiger partial charge in [0.2, 0.25) is 0 Å². The third-order valence-corrected chi connectivity index (χ3v) is 3.18. The SMILES string of the molecule is O=C(O)c1cc(Br)cc(NC(=O)c2cccc(Cl)c2)c1. The number of hydrogen-bond donors (Lipinski definition) is 2. The minimum absolute atomic E-state index is 0.0840. The van der Waals surface area contributed by atoms with Gasteiger partial charge in [-0.05, 0) is 36.4 Å². The predicted molar refractivity (Wildman–Crippen MR) is 80.5 cm³/mol. The molecule has 4 nitrogen and oxygen atoms in total. The van der Waals surface area contributed by atoms with E-state index >= 15 is 0 Å². The van der Waals surface area contributed by atoms with Crippen molar-refractivity contribution in [1.29, 1.82) is 0 Å². The highest BCUT2D eigenvalue weighted by atomic mass is 79.9. The first-order valence-electron chi connectivity index (χ1n) is 5.56. The van der Waals surface area contributed by atoms with E-state index in [-0.39, 0.29) is 11.5 Å². The number of carbonyl (C=O) groups excluding carboxylic acids is 1. The normalized spacial score (nSPS) is 10.1. The number of carboxylic acids is 1. The maximum Gasteiger partial charge on any atom is 0.335 e. The van der Waals surface area contributed by atoms with E-state index in [1.54, 1.807) is 24.3 Å². The van der Waals surface area contributed by atoms with Crippen molar-refractivity contribution in [2.24, 2.45) is 0 Å². The molecule has 0 fully saturated rings. The summed E-state index contributed by atoms with van der Waals surface area (Å²) in [6, 6.07) is 11.0. The van der Waals surface area contributed by atoms with Gasteiger partial charge in [0.1, 0.15) is 0 Å². The molecule has 0 spiro atoms. The Bertz CT molecular complexity index is 688. The molecule has 2 rings (SSSR count). The van der Waals surface area contributed by atoms with E-state index in [2.05, 4.69) is 21.2 Å². The van der Waals surface area contributed by atoms with Crippen LogP contribution >= 0.6 is 27.5 Å². The zero-order valence-electron chi connectivity index (χ0n) is 10.1. The first kappa shape index (κ1) is 14.6. The second kappa shape index (κ2) is 6.07. The zero-order chi connectivity index (χ0) is 14.7. The van der Waals surface area contributed by atoms with Gasteiger partial charge in [0.25, 0.3) is 5.91 Å². The van der Waals surface area contributed by atoms with Gasteiger partial charge >= 0.3 is 5.97 Å². The molecule has 20 heavy (non-hydrogen) atoms. The van der Waals surface area contributed by atoms with Crippen molar-refractivity contribution < 1.29 is 14.7 Å². The largest absolute Gasteiger partial charge is 0.478 e. The van der Waals surface area contributed by atoms with Gasteiger partial charge in [0.15, 0.2) is 0 Å². The van der Waals surface area contributed by atoms with Crippen molar-refractivity contribution in [1.82, 2.24) is 0 Å². The Morgan fingerprint density at radius 1 is 1.10 bits per heavy atom. The number of halogens is 2. The van der Waals surface area contributed by atoms with Crippen molar-refractivity contribution in [3.05, 3.63) is 63.1 Å². The first-order valence-corrected chi connectivity index (χ1v) is 6.73. The predicted octanol–water partition coefficient (Wildman–Crippen LogP) is 4.05. The molecule has 0 saturated heterocycles. The molecule has 0 heterocycles. The fourth-order valence-corrected chi connectivity index (χ4v) is 2.30. The molecular weight excluding hydrogens is 346 g/mol. The fourth-order valence-electron chi connectivity index (χ4n) is 1.62. The number of carbonyl (C=O) groups is 2. The number of hydrogen-bond acceptors (Lipinski definition) is 2. The second-order valence-electron chi connectivity index (χ2n) is 4.00. The minimum Gasteiger partial charge on any atom is -0.478 e. The third-order valence-electron chi connectivity index (χ3n) is 2.49. The summed E-state index contributed by atoms with van der Waals surface area (Å²) in [5.74, 6) is -1.42. The van der Waals surface area contributed by atoms with Crippen LogP contribution < -0.4 is 5.32 Å². The Morgan fingerprint density at radius 2 is 1.85 bits per heavy atom. The van der Waals surface area contributed by atoms with E-state index in [9.17, 15) is 9.59 Å². The fraction of sp³-hybridized carbons (Fsp3) is 0. The van der Waals surface area contributed by atoms with Crippen LogP contribution in [0.1, 0.15) is 20.7 Å². The number of aromatic carboxylic acids is 1.